The zero-order valence-electron chi connectivity index (χ0n) is 7.04. The smallest absolute Gasteiger partial charge is 0.338 e. The molecule has 0 aliphatic carbocycles. The van der Waals surface area contributed by atoms with Crippen molar-refractivity contribution in [2.45, 2.75) is 13.3 Å². The van der Waals surface area contributed by atoms with Crippen LogP contribution < -0.4 is 0 Å². The Labute approximate surface area is 72.2 Å². The monoisotopic (exact) mass is 163 g/mol. The molecule has 0 N–H and O–H groups in total. The van der Waals surface area contributed by atoms with Crippen LogP contribution in [0.5, 0.6) is 0 Å². The standard InChI is InChI=1S/C10H11O2/c1-2-8-12-10(11)9-6-4-3-5-7-9/h3-4,6-7H,2,8H2,1H3. The Kier molecular flexibility index (Phi) is 3.33. The molecule has 0 heterocycles. The topological polar surface area (TPSA) is 26.3 Å². The molecule has 12 heavy (non-hydrogen) atoms. The molecule has 0 saturated heterocycles. The zero-order valence-corrected chi connectivity index (χ0v) is 7.04. The third kappa shape index (κ3) is 2.38. The zero-order chi connectivity index (χ0) is 8.81. The molecule has 2 nitrogen and oxygen atoms in total. The highest BCUT2D eigenvalue weighted by atomic mass is 16.5. The molecule has 1 radical (unpaired) electrons. The third-order valence-electron chi connectivity index (χ3n) is 1.38. The molecule has 0 bridgehead atoms. The maximum Gasteiger partial charge on any atom is 0.338 e. The molecular formula is C10H11O2. The van der Waals surface area contributed by atoms with Crippen LogP contribution in [0.4, 0.5) is 0 Å². The third-order valence-corrected chi connectivity index (χ3v) is 1.38. The Morgan fingerprint density at radius 3 is 3.08 bits per heavy atom. The second kappa shape index (κ2) is 4.54. The Balaban J connectivity index is 2.54. The van der Waals surface area contributed by atoms with E-state index < -0.39 is 0 Å². The van der Waals surface area contributed by atoms with Gasteiger partial charge in [0.25, 0.3) is 0 Å². The minimum atomic E-state index is -0.270. The molecule has 0 saturated carbocycles. The van der Waals surface area contributed by atoms with Gasteiger partial charge in [-0.2, -0.15) is 0 Å². The van der Waals surface area contributed by atoms with Gasteiger partial charge in [0, 0.05) is 0 Å². The molecule has 2 heteroatoms. The van der Waals surface area contributed by atoms with Gasteiger partial charge < -0.3 is 4.74 Å². The van der Waals surface area contributed by atoms with Crippen molar-refractivity contribution in [2.24, 2.45) is 0 Å². The van der Waals surface area contributed by atoms with E-state index in [0.29, 0.717) is 12.2 Å². The largest absolute Gasteiger partial charge is 0.462 e. The van der Waals surface area contributed by atoms with E-state index in [-0.39, 0.29) is 5.97 Å². The molecule has 0 fully saturated rings. The van der Waals surface area contributed by atoms with E-state index >= 15 is 0 Å². The van der Waals surface area contributed by atoms with Crippen LogP contribution in [-0.4, -0.2) is 12.6 Å². The molecule has 0 atom stereocenters. The SMILES string of the molecule is CCCOC(=O)c1c[c]ccc1. The Morgan fingerprint density at radius 1 is 1.67 bits per heavy atom. The number of rotatable bonds is 3. The predicted octanol–water partition coefficient (Wildman–Crippen LogP) is 2.05. The lowest BCUT2D eigenvalue weighted by molar-refractivity contribution is 0.0505. The van der Waals surface area contributed by atoms with E-state index in [0.717, 1.165) is 6.42 Å². The fourth-order valence-corrected chi connectivity index (χ4v) is 0.798. The van der Waals surface area contributed by atoms with Crippen molar-refractivity contribution in [3.8, 4) is 0 Å². The fraction of sp³-hybridized carbons (Fsp3) is 0.300. The second-order valence-corrected chi connectivity index (χ2v) is 2.43. The van der Waals surface area contributed by atoms with E-state index in [1.807, 2.05) is 6.92 Å². The van der Waals surface area contributed by atoms with Crippen LogP contribution in [0.1, 0.15) is 23.7 Å². The molecule has 1 rings (SSSR count). The Morgan fingerprint density at radius 2 is 2.50 bits per heavy atom. The van der Waals surface area contributed by atoms with Crippen molar-refractivity contribution < 1.29 is 9.53 Å². The van der Waals surface area contributed by atoms with E-state index in [4.69, 9.17) is 4.74 Å². The molecule has 63 valence electrons. The molecule has 0 spiro atoms. The highest BCUT2D eigenvalue weighted by Gasteiger charge is 2.03. The summed E-state index contributed by atoms with van der Waals surface area (Å²) >= 11 is 0. The van der Waals surface area contributed by atoms with E-state index in [2.05, 4.69) is 6.07 Å². The number of hydrogen-bond donors (Lipinski definition) is 0. The van der Waals surface area contributed by atoms with Gasteiger partial charge in [0.2, 0.25) is 0 Å². The van der Waals surface area contributed by atoms with Gasteiger partial charge in [0.05, 0.1) is 12.2 Å². The summed E-state index contributed by atoms with van der Waals surface area (Å²) in [7, 11) is 0. The first-order chi connectivity index (χ1) is 5.84. The van der Waals surface area contributed by atoms with Crippen LogP contribution in [0.25, 0.3) is 0 Å². The molecule has 0 aliphatic rings. The number of benzene rings is 1. The molecule has 0 unspecified atom stereocenters. The molecule has 1 aromatic carbocycles. The lowest BCUT2D eigenvalue weighted by Gasteiger charge is -2.01. The summed E-state index contributed by atoms with van der Waals surface area (Å²) in [6.45, 7) is 2.44. The lowest BCUT2D eigenvalue weighted by atomic mass is 10.2. The van der Waals surface area contributed by atoms with Crippen LogP contribution >= 0.6 is 0 Å². The quantitative estimate of drug-likeness (QED) is 0.637. The number of ether oxygens (including phenoxy) is 1. The van der Waals surface area contributed by atoms with Gasteiger partial charge in [-0.3, -0.25) is 0 Å². The van der Waals surface area contributed by atoms with Crippen molar-refractivity contribution in [1.82, 2.24) is 0 Å². The molecule has 1 aromatic rings. The van der Waals surface area contributed by atoms with Crippen LogP contribution in [0.3, 0.4) is 0 Å². The summed E-state index contributed by atoms with van der Waals surface area (Å²) in [6, 6.07) is 9.67. The minimum absolute atomic E-state index is 0.270. The maximum atomic E-state index is 11.2. The Bertz CT molecular complexity index is 241. The molecular weight excluding hydrogens is 152 g/mol. The van der Waals surface area contributed by atoms with Gasteiger partial charge in [-0.05, 0) is 24.6 Å². The summed E-state index contributed by atoms with van der Waals surface area (Å²) in [5.74, 6) is -0.270. The molecule has 0 amide bonds. The number of hydrogen-bond acceptors (Lipinski definition) is 2. The van der Waals surface area contributed by atoms with Gasteiger partial charge in [-0.25, -0.2) is 4.79 Å². The Hall–Kier alpha value is -1.31. The van der Waals surface area contributed by atoms with Gasteiger partial charge >= 0.3 is 5.97 Å². The predicted molar refractivity (Wildman–Crippen MR) is 45.9 cm³/mol. The average Bonchev–Trinajstić information content (AvgIpc) is 2.15. The van der Waals surface area contributed by atoms with E-state index in [1.54, 1.807) is 24.3 Å². The van der Waals surface area contributed by atoms with E-state index in [1.165, 1.54) is 0 Å². The van der Waals surface area contributed by atoms with Gasteiger partial charge in [-0.15, -0.1) is 0 Å². The summed E-state index contributed by atoms with van der Waals surface area (Å²) < 4.78 is 4.92. The maximum absolute atomic E-state index is 11.2. The van der Waals surface area contributed by atoms with Crippen molar-refractivity contribution in [3.63, 3.8) is 0 Å². The highest BCUT2D eigenvalue weighted by Crippen LogP contribution is 2.00. The summed E-state index contributed by atoms with van der Waals surface area (Å²) in [5, 5.41) is 0. The number of carbonyl (C=O) groups excluding carboxylic acids is 1. The lowest BCUT2D eigenvalue weighted by Crippen LogP contribution is -2.05. The van der Waals surface area contributed by atoms with Gasteiger partial charge in [-0.1, -0.05) is 19.1 Å². The average molecular weight is 163 g/mol. The minimum Gasteiger partial charge on any atom is -0.462 e. The van der Waals surface area contributed by atoms with Gasteiger partial charge in [0.1, 0.15) is 0 Å². The van der Waals surface area contributed by atoms with Crippen LogP contribution in [0.15, 0.2) is 24.3 Å². The van der Waals surface area contributed by atoms with Crippen LogP contribution in [-0.2, 0) is 4.74 Å². The van der Waals surface area contributed by atoms with Crippen molar-refractivity contribution in [2.75, 3.05) is 6.61 Å². The fourth-order valence-electron chi connectivity index (χ4n) is 0.798. The molecule has 0 aliphatic heterocycles. The van der Waals surface area contributed by atoms with Crippen LogP contribution in [0, 0.1) is 6.07 Å². The van der Waals surface area contributed by atoms with Gasteiger partial charge in [0.15, 0.2) is 0 Å². The number of carbonyl (C=O) groups is 1. The first-order valence-corrected chi connectivity index (χ1v) is 3.98. The van der Waals surface area contributed by atoms with Crippen molar-refractivity contribution >= 4 is 5.97 Å². The van der Waals surface area contributed by atoms with E-state index in [9.17, 15) is 4.79 Å². The first kappa shape index (κ1) is 8.78. The summed E-state index contributed by atoms with van der Waals surface area (Å²) in [5.41, 5.74) is 0.561. The number of esters is 1. The van der Waals surface area contributed by atoms with Crippen molar-refractivity contribution in [3.05, 3.63) is 35.9 Å². The summed E-state index contributed by atoms with van der Waals surface area (Å²) in [6.07, 6.45) is 0.849. The van der Waals surface area contributed by atoms with Crippen LogP contribution in [0.2, 0.25) is 0 Å². The summed E-state index contributed by atoms with van der Waals surface area (Å²) in [4.78, 5) is 11.2. The highest BCUT2D eigenvalue weighted by molar-refractivity contribution is 5.89. The normalized spacial score (nSPS) is 9.42. The molecule has 0 aromatic heterocycles. The van der Waals surface area contributed by atoms with Crippen molar-refractivity contribution in [1.29, 1.82) is 0 Å². The second-order valence-electron chi connectivity index (χ2n) is 2.43. The first-order valence-electron chi connectivity index (χ1n) is 3.98.